The van der Waals surface area contributed by atoms with Gasteiger partial charge in [0.25, 0.3) is 0 Å². The molecule has 0 unspecified atom stereocenters. The van der Waals surface area contributed by atoms with Gasteiger partial charge in [0, 0.05) is 12.3 Å². The van der Waals surface area contributed by atoms with Gasteiger partial charge in [0.15, 0.2) is 5.82 Å². The monoisotopic (exact) mass is 191 g/mol. The van der Waals surface area contributed by atoms with Crippen LogP contribution in [0.25, 0.3) is 0 Å². The fraction of sp³-hybridized carbons (Fsp3) is 0. The summed E-state index contributed by atoms with van der Waals surface area (Å²) in [6.45, 7) is 0. The summed E-state index contributed by atoms with van der Waals surface area (Å²) in [5.41, 5.74) is -0.611. The van der Waals surface area contributed by atoms with Crippen molar-refractivity contribution < 1.29 is 4.39 Å². The van der Waals surface area contributed by atoms with Gasteiger partial charge < -0.3 is 4.98 Å². The maximum absolute atomic E-state index is 12.1. The second-order valence-corrected chi connectivity index (χ2v) is 2.35. The van der Waals surface area contributed by atoms with Crippen molar-refractivity contribution in [1.29, 1.82) is 0 Å². The van der Waals surface area contributed by atoms with E-state index in [-0.39, 0.29) is 0 Å². The Hall–Kier alpha value is -0.640. The van der Waals surface area contributed by atoms with E-state index in [0.29, 0.717) is 4.60 Å². The van der Waals surface area contributed by atoms with Crippen LogP contribution in [0.2, 0.25) is 0 Å². The smallest absolute Gasteiger partial charge is 0.218 e. The van der Waals surface area contributed by atoms with Gasteiger partial charge in [-0.2, -0.15) is 0 Å². The van der Waals surface area contributed by atoms with E-state index in [1.54, 1.807) is 0 Å². The van der Waals surface area contributed by atoms with Crippen molar-refractivity contribution in [2.45, 2.75) is 0 Å². The highest BCUT2D eigenvalue weighted by Gasteiger charge is 1.94. The molecule has 1 aromatic rings. The first-order chi connectivity index (χ1) is 4.20. The fourth-order valence-corrected chi connectivity index (χ4v) is 0.752. The van der Waals surface area contributed by atoms with E-state index >= 15 is 0 Å². The van der Waals surface area contributed by atoms with Gasteiger partial charge in [-0.1, -0.05) is 0 Å². The van der Waals surface area contributed by atoms with Crippen LogP contribution in [0.5, 0.6) is 0 Å². The first kappa shape index (κ1) is 6.48. The van der Waals surface area contributed by atoms with Crippen LogP contribution in [-0.4, -0.2) is 4.98 Å². The van der Waals surface area contributed by atoms with Gasteiger partial charge in [0.1, 0.15) is 0 Å². The first-order valence-corrected chi connectivity index (χ1v) is 3.03. The number of rotatable bonds is 0. The summed E-state index contributed by atoms with van der Waals surface area (Å²) >= 11 is 2.97. The summed E-state index contributed by atoms with van der Waals surface area (Å²) in [6, 6.07) is 1.13. The number of hydrogen-bond donors (Lipinski definition) is 1. The molecule has 2 nitrogen and oxygen atoms in total. The molecule has 0 aliphatic carbocycles. The zero-order chi connectivity index (χ0) is 6.85. The molecular formula is C5H3BrFNO. The van der Waals surface area contributed by atoms with Crippen LogP contribution in [0.3, 0.4) is 0 Å². The summed E-state index contributed by atoms with van der Waals surface area (Å²) in [5, 5.41) is 0. The van der Waals surface area contributed by atoms with Crippen LogP contribution >= 0.6 is 15.9 Å². The highest BCUT2D eigenvalue weighted by atomic mass is 79.9. The molecule has 0 fully saturated rings. The second kappa shape index (κ2) is 2.31. The molecule has 4 heteroatoms. The van der Waals surface area contributed by atoms with E-state index in [9.17, 15) is 9.18 Å². The predicted octanol–water partition coefficient (Wildman–Crippen LogP) is 1.28. The number of hydrogen-bond acceptors (Lipinski definition) is 1. The van der Waals surface area contributed by atoms with Gasteiger partial charge in [-0.15, -0.1) is 0 Å². The van der Waals surface area contributed by atoms with Crippen molar-refractivity contribution in [3.8, 4) is 0 Å². The molecule has 1 N–H and O–H groups in total. The van der Waals surface area contributed by atoms with E-state index in [4.69, 9.17) is 0 Å². The third-order valence-electron chi connectivity index (χ3n) is 0.830. The van der Waals surface area contributed by atoms with Crippen LogP contribution in [0.1, 0.15) is 0 Å². The highest BCUT2D eigenvalue weighted by Crippen LogP contribution is 1.99. The minimum Gasteiger partial charge on any atom is -0.353 e. The molecule has 0 bridgehead atoms. The number of halogens is 2. The van der Waals surface area contributed by atoms with Gasteiger partial charge in [0.2, 0.25) is 5.43 Å². The number of aromatic amines is 1. The van der Waals surface area contributed by atoms with Crippen LogP contribution in [0.15, 0.2) is 21.7 Å². The molecule has 0 atom stereocenters. The maximum atomic E-state index is 12.1. The van der Waals surface area contributed by atoms with Crippen molar-refractivity contribution in [3.05, 3.63) is 32.9 Å². The molecule has 9 heavy (non-hydrogen) atoms. The van der Waals surface area contributed by atoms with Crippen molar-refractivity contribution in [1.82, 2.24) is 4.98 Å². The molecule has 1 rings (SSSR count). The lowest BCUT2D eigenvalue weighted by Crippen LogP contribution is -2.04. The van der Waals surface area contributed by atoms with Crippen molar-refractivity contribution in [2.75, 3.05) is 0 Å². The Bertz CT molecular complexity index is 270. The van der Waals surface area contributed by atoms with E-state index < -0.39 is 11.2 Å². The predicted molar refractivity (Wildman–Crippen MR) is 34.7 cm³/mol. The third-order valence-corrected chi connectivity index (χ3v) is 1.29. The summed E-state index contributed by atoms with van der Waals surface area (Å²) in [6.07, 6.45) is 1.01. The molecule has 1 heterocycles. The topological polar surface area (TPSA) is 32.9 Å². The molecule has 0 radical (unpaired) electrons. The number of pyridine rings is 1. The van der Waals surface area contributed by atoms with E-state index in [2.05, 4.69) is 20.9 Å². The van der Waals surface area contributed by atoms with E-state index in [0.717, 1.165) is 12.3 Å². The van der Waals surface area contributed by atoms with Crippen molar-refractivity contribution in [3.63, 3.8) is 0 Å². The summed E-state index contributed by atoms with van der Waals surface area (Å²) in [5.74, 6) is -0.766. The summed E-state index contributed by atoms with van der Waals surface area (Å²) in [7, 11) is 0. The Balaban J connectivity index is 3.34. The molecule has 0 saturated carbocycles. The minimum absolute atomic E-state index is 0.480. The van der Waals surface area contributed by atoms with E-state index in [1.807, 2.05) is 0 Å². The number of H-pyrrole nitrogens is 1. The van der Waals surface area contributed by atoms with Crippen LogP contribution in [-0.2, 0) is 0 Å². The summed E-state index contributed by atoms with van der Waals surface area (Å²) in [4.78, 5) is 12.9. The zero-order valence-corrected chi connectivity index (χ0v) is 5.90. The Kier molecular flexibility index (Phi) is 1.66. The molecule has 0 spiro atoms. The zero-order valence-electron chi connectivity index (χ0n) is 4.32. The molecule has 0 saturated heterocycles. The average Bonchev–Trinajstić information content (AvgIpc) is 1.80. The first-order valence-electron chi connectivity index (χ1n) is 2.24. The van der Waals surface area contributed by atoms with Gasteiger partial charge >= 0.3 is 0 Å². The lowest BCUT2D eigenvalue weighted by Gasteiger charge is -1.86. The van der Waals surface area contributed by atoms with Gasteiger partial charge in [-0.25, -0.2) is 4.39 Å². The van der Waals surface area contributed by atoms with Gasteiger partial charge in [-0.05, 0) is 15.9 Å². The number of aromatic nitrogens is 1. The lowest BCUT2D eigenvalue weighted by molar-refractivity contribution is 0.610. The average molecular weight is 192 g/mol. The molecule has 1 aromatic heterocycles. The molecule has 48 valence electrons. The summed E-state index contributed by atoms with van der Waals surface area (Å²) < 4.78 is 12.6. The van der Waals surface area contributed by atoms with Crippen LogP contribution in [0, 0.1) is 5.82 Å². The van der Waals surface area contributed by atoms with E-state index in [1.165, 1.54) is 0 Å². The SMILES string of the molecule is O=c1cc(Br)[nH]cc1F. The highest BCUT2D eigenvalue weighted by molar-refractivity contribution is 9.10. The van der Waals surface area contributed by atoms with Gasteiger partial charge in [0.05, 0.1) is 4.60 Å². The standard InChI is InChI=1S/C5H3BrFNO/c6-5-1-4(9)3(7)2-8-5/h1-2H,(H,8,9). The lowest BCUT2D eigenvalue weighted by atomic mass is 10.5. The van der Waals surface area contributed by atoms with Crippen molar-refractivity contribution >= 4 is 15.9 Å². The Morgan fingerprint density at radius 3 is 2.78 bits per heavy atom. The van der Waals surface area contributed by atoms with Crippen LogP contribution < -0.4 is 5.43 Å². The van der Waals surface area contributed by atoms with Crippen molar-refractivity contribution in [2.24, 2.45) is 0 Å². The molecule has 0 amide bonds. The van der Waals surface area contributed by atoms with Crippen LogP contribution in [0.4, 0.5) is 4.39 Å². The molecule has 0 aliphatic heterocycles. The normalized spacial score (nSPS) is 9.56. The Morgan fingerprint density at radius 1 is 1.67 bits per heavy atom. The third kappa shape index (κ3) is 1.38. The number of nitrogens with one attached hydrogen (secondary N) is 1. The minimum atomic E-state index is -0.766. The second-order valence-electron chi connectivity index (χ2n) is 1.49. The quantitative estimate of drug-likeness (QED) is 0.617. The molecule has 0 aliphatic rings. The Morgan fingerprint density at radius 2 is 2.33 bits per heavy atom. The molecule has 0 aromatic carbocycles. The Labute approximate surface area is 58.8 Å². The maximum Gasteiger partial charge on any atom is 0.218 e. The van der Waals surface area contributed by atoms with Gasteiger partial charge in [-0.3, -0.25) is 4.79 Å². The molecular weight excluding hydrogens is 189 g/mol. The largest absolute Gasteiger partial charge is 0.353 e. The fourth-order valence-electron chi connectivity index (χ4n) is 0.429.